The standard InChI is InChI=1S/C27H44O4/c1-16(6-5-7-17(2)25(30)31)20-8-9-21-24-22(11-13-27(20,21)4)26(3)12-10-19(28)14-18(26)15-23(24)29/h15-17,19-24,28-29H,5-14H2,1-4H3,(H,30,31)/t16-,17-,19+,20-,21+,22+,23-,24+,26+,27-/m1/s1. The first-order chi connectivity index (χ1) is 14.6. The van der Waals surface area contributed by atoms with E-state index in [-0.39, 0.29) is 29.0 Å². The van der Waals surface area contributed by atoms with E-state index in [1.807, 2.05) is 6.92 Å². The number of aliphatic carboxylic acids is 1. The van der Waals surface area contributed by atoms with Crippen LogP contribution >= 0.6 is 0 Å². The van der Waals surface area contributed by atoms with Crippen LogP contribution in [0.5, 0.6) is 0 Å². The Labute approximate surface area is 188 Å². The van der Waals surface area contributed by atoms with Crippen molar-refractivity contribution in [2.75, 3.05) is 0 Å². The van der Waals surface area contributed by atoms with Crippen LogP contribution in [-0.4, -0.2) is 33.5 Å². The first-order valence-corrected chi connectivity index (χ1v) is 12.9. The second-order valence-electron chi connectivity index (χ2n) is 12.2. The van der Waals surface area contributed by atoms with E-state index in [1.54, 1.807) is 0 Å². The van der Waals surface area contributed by atoms with Crippen molar-refractivity contribution in [3.63, 3.8) is 0 Å². The van der Waals surface area contributed by atoms with Crippen LogP contribution in [0.3, 0.4) is 0 Å². The predicted octanol–water partition coefficient (Wildman–Crippen LogP) is 5.42. The fraction of sp³-hybridized carbons (Fsp3) is 0.889. The largest absolute Gasteiger partial charge is 0.481 e. The molecule has 3 saturated carbocycles. The highest BCUT2D eigenvalue weighted by Crippen LogP contribution is 2.67. The number of hydrogen-bond donors (Lipinski definition) is 3. The Morgan fingerprint density at radius 2 is 1.81 bits per heavy atom. The predicted molar refractivity (Wildman–Crippen MR) is 122 cm³/mol. The molecular formula is C27H44O4. The monoisotopic (exact) mass is 432 g/mol. The zero-order chi connectivity index (χ0) is 22.6. The molecule has 0 aliphatic heterocycles. The third kappa shape index (κ3) is 3.90. The second-order valence-corrected chi connectivity index (χ2v) is 12.2. The van der Waals surface area contributed by atoms with Crippen LogP contribution in [0.2, 0.25) is 0 Å². The maximum absolute atomic E-state index is 11.3. The first-order valence-electron chi connectivity index (χ1n) is 12.9. The van der Waals surface area contributed by atoms with E-state index in [1.165, 1.54) is 31.3 Å². The number of carboxylic acids is 1. The topological polar surface area (TPSA) is 77.8 Å². The van der Waals surface area contributed by atoms with Gasteiger partial charge >= 0.3 is 5.97 Å². The van der Waals surface area contributed by atoms with Gasteiger partial charge in [-0.05, 0) is 91.8 Å². The molecule has 3 N–H and O–H groups in total. The highest BCUT2D eigenvalue weighted by Gasteiger charge is 2.61. The van der Waals surface area contributed by atoms with Crippen LogP contribution in [0, 0.1) is 46.3 Å². The maximum atomic E-state index is 11.3. The summed E-state index contributed by atoms with van der Waals surface area (Å²) in [6, 6.07) is 0. The summed E-state index contributed by atoms with van der Waals surface area (Å²) in [5.74, 6) is 1.83. The molecule has 0 heterocycles. The number of carboxylic acid groups (broad SMARTS) is 1. The molecule has 0 amide bonds. The summed E-state index contributed by atoms with van der Waals surface area (Å²) >= 11 is 0. The van der Waals surface area contributed by atoms with E-state index in [0.717, 1.165) is 38.5 Å². The quantitative estimate of drug-likeness (QED) is 0.490. The van der Waals surface area contributed by atoms with Crippen LogP contribution in [0.1, 0.15) is 91.9 Å². The number of fused-ring (bicyclic) bond motifs is 5. The van der Waals surface area contributed by atoms with Crippen molar-refractivity contribution >= 4 is 5.97 Å². The third-order valence-corrected chi connectivity index (χ3v) is 10.6. The van der Waals surface area contributed by atoms with Crippen molar-refractivity contribution in [2.24, 2.45) is 46.3 Å². The second kappa shape index (κ2) is 8.48. The van der Waals surface area contributed by atoms with Gasteiger partial charge in [-0.15, -0.1) is 0 Å². The Bertz CT molecular complexity index is 716. The minimum absolute atomic E-state index is 0.154. The SMILES string of the molecule is C[C@H](CCC[C@@H](C)[C@H]1CC[C@H]2[C@@H]3[C@H](O)C=C4C[C@@H](O)CC[C@]4(C)[C@H]3CC[C@]12C)C(=O)O. The molecule has 4 aliphatic rings. The van der Waals surface area contributed by atoms with Gasteiger partial charge in [0.15, 0.2) is 0 Å². The smallest absolute Gasteiger partial charge is 0.306 e. The summed E-state index contributed by atoms with van der Waals surface area (Å²) in [4.78, 5) is 11.1. The van der Waals surface area contributed by atoms with Crippen molar-refractivity contribution in [2.45, 2.75) is 104 Å². The molecule has 0 aromatic carbocycles. The number of carbonyl (C=O) groups is 1. The van der Waals surface area contributed by atoms with E-state index in [2.05, 4.69) is 26.8 Å². The molecule has 4 rings (SSSR count). The van der Waals surface area contributed by atoms with Crippen LogP contribution < -0.4 is 0 Å². The van der Waals surface area contributed by atoms with Crippen molar-refractivity contribution in [3.05, 3.63) is 11.6 Å². The molecule has 0 bridgehead atoms. The molecule has 4 nitrogen and oxygen atoms in total. The normalized spacial score (nSPS) is 46.3. The zero-order valence-corrected chi connectivity index (χ0v) is 20.0. The lowest BCUT2D eigenvalue weighted by Crippen LogP contribution is -2.54. The Morgan fingerprint density at radius 3 is 2.52 bits per heavy atom. The Hall–Kier alpha value is -0.870. The highest BCUT2D eigenvalue weighted by molar-refractivity contribution is 5.69. The number of aliphatic hydroxyl groups is 2. The average molecular weight is 433 g/mol. The average Bonchev–Trinajstić information content (AvgIpc) is 3.06. The molecule has 0 radical (unpaired) electrons. The van der Waals surface area contributed by atoms with Crippen molar-refractivity contribution in [3.8, 4) is 0 Å². The molecule has 0 aromatic rings. The summed E-state index contributed by atoms with van der Waals surface area (Å²) in [7, 11) is 0. The Kier molecular flexibility index (Phi) is 6.37. The molecule has 10 atom stereocenters. The van der Waals surface area contributed by atoms with E-state index in [9.17, 15) is 15.0 Å². The molecule has 0 unspecified atom stereocenters. The molecule has 4 heteroatoms. The van der Waals surface area contributed by atoms with Crippen LogP contribution in [0.4, 0.5) is 0 Å². The lowest BCUT2D eigenvalue weighted by molar-refractivity contribution is -0.141. The molecular weight excluding hydrogens is 388 g/mol. The van der Waals surface area contributed by atoms with Gasteiger partial charge in [-0.1, -0.05) is 52.2 Å². The van der Waals surface area contributed by atoms with Gasteiger partial charge in [-0.25, -0.2) is 0 Å². The highest BCUT2D eigenvalue weighted by atomic mass is 16.4. The molecule has 0 aromatic heterocycles. The first kappa shape index (κ1) is 23.3. The van der Waals surface area contributed by atoms with Gasteiger partial charge in [0.1, 0.15) is 0 Å². The summed E-state index contributed by atoms with van der Waals surface area (Å²) in [6.45, 7) is 9.11. The van der Waals surface area contributed by atoms with Crippen LogP contribution in [-0.2, 0) is 4.79 Å². The molecule has 0 saturated heterocycles. The molecule has 0 spiro atoms. The number of aliphatic hydroxyl groups excluding tert-OH is 2. The maximum Gasteiger partial charge on any atom is 0.306 e. The molecule has 176 valence electrons. The minimum Gasteiger partial charge on any atom is -0.481 e. The van der Waals surface area contributed by atoms with E-state index < -0.39 is 5.97 Å². The van der Waals surface area contributed by atoms with Crippen LogP contribution in [0.25, 0.3) is 0 Å². The zero-order valence-electron chi connectivity index (χ0n) is 20.0. The Morgan fingerprint density at radius 1 is 1.06 bits per heavy atom. The fourth-order valence-electron chi connectivity index (χ4n) is 8.68. The minimum atomic E-state index is -0.679. The van der Waals surface area contributed by atoms with Gasteiger partial charge in [0.05, 0.1) is 18.1 Å². The van der Waals surface area contributed by atoms with Gasteiger partial charge in [0.2, 0.25) is 0 Å². The summed E-state index contributed by atoms with van der Waals surface area (Å²) in [5.41, 5.74) is 1.76. The van der Waals surface area contributed by atoms with E-state index in [0.29, 0.717) is 29.6 Å². The fourth-order valence-corrected chi connectivity index (χ4v) is 8.68. The Balaban J connectivity index is 1.48. The van der Waals surface area contributed by atoms with Gasteiger partial charge in [-0.2, -0.15) is 0 Å². The van der Waals surface area contributed by atoms with E-state index >= 15 is 0 Å². The van der Waals surface area contributed by atoms with Gasteiger partial charge < -0.3 is 15.3 Å². The van der Waals surface area contributed by atoms with Crippen LogP contribution in [0.15, 0.2) is 11.6 Å². The molecule has 4 aliphatic carbocycles. The van der Waals surface area contributed by atoms with E-state index in [4.69, 9.17) is 5.11 Å². The molecule has 31 heavy (non-hydrogen) atoms. The van der Waals surface area contributed by atoms with Gasteiger partial charge in [-0.3, -0.25) is 4.79 Å². The lowest BCUT2D eigenvalue weighted by atomic mass is 9.46. The number of hydrogen-bond acceptors (Lipinski definition) is 3. The van der Waals surface area contributed by atoms with Crippen molar-refractivity contribution < 1.29 is 20.1 Å². The number of rotatable bonds is 6. The third-order valence-electron chi connectivity index (χ3n) is 10.6. The van der Waals surface area contributed by atoms with Gasteiger partial charge in [0, 0.05) is 0 Å². The molecule has 3 fully saturated rings. The lowest BCUT2D eigenvalue weighted by Gasteiger charge is -2.59. The van der Waals surface area contributed by atoms with Crippen molar-refractivity contribution in [1.82, 2.24) is 0 Å². The summed E-state index contributed by atoms with van der Waals surface area (Å²) in [6.07, 6.45) is 12.0. The van der Waals surface area contributed by atoms with Gasteiger partial charge in [0.25, 0.3) is 0 Å². The van der Waals surface area contributed by atoms with Crippen molar-refractivity contribution in [1.29, 1.82) is 0 Å². The summed E-state index contributed by atoms with van der Waals surface area (Å²) < 4.78 is 0. The summed E-state index contributed by atoms with van der Waals surface area (Å²) in [5, 5.41) is 30.6.